The summed E-state index contributed by atoms with van der Waals surface area (Å²) in [5.74, 6) is -5.72. The van der Waals surface area contributed by atoms with Crippen LogP contribution >= 0.6 is 11.6 Å². The van der Waals surface area contributed by atoms with Crippen molar-refractivity contribution in [1.82, 2.24) is 5.32 Å². The first-order valence-electron chi connectivity index (χ1n) is 11.6. The predicted molar refractivity (Wildman–Crippen MR) is 136 cm³/mol. The maximum atomic E-state index is 13.6. The number of hydrogen-bond donors (Lipinski definition) is 2. The quantitative estimate of drug-likeness (QED) is 0.357. The molecule has 2 N–H and O–H groups in total. The smallest absolute Gasteiger partial charge is 0.417 e. The zero-order valence-corrected chi connectivity index (χ0v) is 22.4. The Morgan fingerprint density at radius 3 is 1.98 bits per heavy atom. The third kappa shape index (κ3) is 6.45. The molecular weight excluding hydrogens is 557 g/mol. The van der Waals surface area contributed by atoms with Gasteiger partial charge in [0.2, 0.25) is 6.10 Å². The number of amides is 1. The molecule has 1 unspecified atom stereocenters. The summed E-state index contributed by atoms with van der Waals surface area (Å²) < 4.78 is 55.2. The first kappa shape index (κ1) is 30.2. The van der Waals surface area contributed by atoms with Crippen LogP contribution in [-0.2, 0) is 39.6 Å². The van der Waals surface area contributed by atoms with Crippen LogP contribution in [0.25, 0.3) is 0 Å². The van der Waals surface area contributed by atoms with Crippen molar-refractivity contribution < 1.29 is 46.6 Å². The highest BCUT2D eigenvalue weighted by atomic mass is 35.5. The van der Waals surface area contributed by atoms with E-state index < -0.39 is 52.6 Å². The van der Waals surface area contributed by atoms with Crippen LogP contribution in [0.15, 0.2) is 71.1 Å². The number of methoxy groups -OCH3 is 2. The van der Waals surface area contributed by atoms with Crippen LogP contribution in [0, 0.1) is 5.92 Å². The van der Waals surface area contributed by atoms with Gasteiger partial charge in [0.05, 0.1) is 36.0 Å². The van der Waals surface area contributed by atoms with E-state index >= 15 is 0 Å². The number of allylic oxidation sites excluding steroid dienone is 2. The highest BCUT2D eigenvalue weighted by Gasteiger charge is 2.44. The van der Waals surface area contributed by atoms with E-state index in [0.29, 0.717) is 6.07 Å². The number of ether oxygens (including phenoxy) is 3. The van der Waals surface area contributed by atoms with E-state index in [4.69, 9.17) is 25.8 Å². The molecule has 0 saturated carbocycles. The predicted octanol–water partition coefficient (Wildman–Crippen LogP) is 4.70. The van der Waals surface area contributed by atoms with Gasteiger partial charge in [-0.3, -0.25) is 9.59 Å². The Balaban J connectivity index is 2.04. The lowest BCUT2D eigenvalue weighted by molar-refractivity contribution is -0.159. The van der Waals surface area contributed by atoms with Crippen LogP contribution in [0.4, 0.5) is 18.9 Å². The fourth-order valence-corrected chi connectivity index (χ4v) is 4.33. The molecule has 40 heavy (non-hydrogen) atoms. The summed E-state index contributed by atoms with van der Waals surface area (Å²) in [5.41, 5.74) is -1.40. The molecule has 1 amide bonds. The van der Waals surface area contributed by atoms with Gasteiger partial charge >= 0.3 is 24.1 Å². The van der Waals surface area contributed by atoms with Gasteiger partial charge in [-0.15, -0.1) is 0 Å². The summed E-state index contributed by atoms with van der Waals surface area (Å²) in [6.07, 6.45) is -6.49. The van der Waals surface area contributed by atoms with Gasteiger partial charge in [-0.05, 0) is 32.0 Å². The number of anilines is 1. The minimum absolute atomic E-state index is 0.160. The molecule has 0 saturated heterocycles. The van der Waals surface area contributed by atoms with Gasteiger partial charge in [0.25, 0.3) is 5.91 Å². The van der Waals surface area contributed by atoms with Crippen LogP contribution < -0.4 is 10.6 Å². The molecule has 0 bridgehead atoms. The van der Waals surface area contributed by atoms with Gasteiger partial charge < -0.3 is 24.8 Å². The molecule has 1 heterocycles. The zero-order valence-electron chi connectivity index (χ0n) is 21.6. The van der Waals surface area contributed by atoms with Crippen LogP contribution in [-0.4, -0.2) is 38.0 Å². The Labute approximate surface area is 231 Å². The topological polar surface area (TPSA) is 120 Å². The number of halogens is 4. The summed E-state index contributed by atoms with van der Waals surface area (Å²) in [6.45, 7) is 2.95. The van der Waals surface area contributed by atoms with Gasteiger partial charge in [0.15, 0.2) is 0 Å². The number of benzene rings is 2. The van der Waals surface area contributed by atoms with Crippen molar-refractivity contribution in [3.63, 3.8) is 0 Å². The molecule has 2 aromatic carbocycles. The standard InChI is InChI=1S/C27H24ClF3N2O7/c1-13-19(24(35)38-3)21(20(14(2)32-13)25(36)39-4)26(37)40-22(15-8-6-5-7-9-15)23(34)33-16-10-11-18(28)17(12-16)27(29,30)31/h5-12,21-22,32H,1-4H3,(H,33,34). The lowest BCUT2D eigenvalue weighted by Gasteiger charge is -2.29. The normalized spacial score (nSPS) is 14.7. The number of esters is 3. The highest BCUT2D eigenvalue weighted by molar-refractivity contribution is 6.31. The summed E-state index contributed by atoms with van der Waals surface area (Å²) in [7, 11) is 2.16. The van der Waals surface area contributed by atoms with Gasteiger partial charge in [-0.2, -0.15) is 13.2 Å². The Hall–Kier alpha value is -4.32. The minimum atomic E-state index is -4.79. The molecule has 0 aliphatic carbocycles. The number of dihydropyridines is 1. The lowest BCUT2D eigenvalue weighted by atomic mass is 9.85. The first-order chi connectivity index (χ1) is 18.8. The summed E-state index contributed by atoms with van der Waals surface area (Å²) >= 11 is 5.67. The van der Waals surface area contributed by atoms with E-state index in [2.05, 4.69) is 10.6 Å². The van der Waals surface area contributed by atoms with Crippen molar-refractivity contribution in [2.75, 3.05) is 19.5 Å². The van der Waals surface area contributed by atoms with Crippen molar-refractivity contribution in [3.05, 3.63) is 87.2 Å². The molecule has 1 atom stereocenters. The van der Waals surface area contributed by atoms with Gasteiger partial charge in [-0.25, -0.2) is 9.59 Å². The maximum absolute atomic E-state index is 13.6. The molecule has 13 heteroatoms. The average Bonchev–Trinajstić information content (AvgIpc) is 2.91. The second kappa shape index (κ2) is 12.2. The van der Waals surface area contributed by atoms with Crippen molar-refractivity contribution >= 4 is 41.1 Å². The minimum Gasteiger partial charge on any atom is -0.466 e. The summed E-state index contributed by atoms with van der Waals surface area (Å²) in [6, 6.07) is 10.4. The van der Waals surface area contributed by atoms with Gasteiger partial charge in [-0.1, -0.05) is 41.9 Å². The molecule has 0 aromatic heterocycles. The highest BCUT2D eigenvalue weighted by Crippen LogP contribution is 2.37. The van der Waals surface area contributed by atoms with Gasteiger partial charge in [0, 0.05) is 22.6 Å². The van der Waals surface area contributed by atoms with E-state index in [-0.39, 0.29) is 33.8 Å². The molecular formula is C27H24ClF3N2O7. The number of rotatable bonds is 7. The van der Waals surface area contributed by atoms with Crippen molar-refractivity contribution in [2.24, 2.45) is 5.92 Å². The molecule has 0 radical (unpaired) electrons. The van der Waals surface area contributed by atoms with Crippen LogP contribution in [0.5, 0.6) is 0 Å². The molecule has 9 nitrogen and oxygen atoms in total. The fourth-order valence-electron chi connectivity index (χ4n) is 4.10. The third-order valence-electron chi connectivity index (χ3n) is 5.92. The Bertz CT molecular complexity index is 1370. The van der Waals surface area contributed by atoms with Crippen LogP contribution in [0.2, 0.25) is 5.02 Å². The molecule has 3 rings (SSSR count). The lowest BCUT2D eigenvalue weighted by Crippen LogP contribution is -2.39. The maximum Gasteiger partial charge on any atom is 0.417 e. The van der Waals surface area contributed by atoms with E-state index in [1.165, 1.54) is 26.0 Å². The number of nitrogens with one attached hydrogen (secondary N) is 2. The van der Waals surface area contributed by atoms with Gasteiger partial charge in [0.1, 0.15) is 5.92 Å². The second-order valence-corrected chi connectivity index (χ2v) is 8.93. The number of carbonyl (C=O) groups excluding carboxylic acids is 4. The Morgan fingerprint density at radius 1 is 0.925 bits per heavy atom. The zero-order chi connectivity index (χ0) is 29.8. The number of hydrogen-bond acceptors (Lipinski definition) is 8. The SMILES string of the molecule is COC(=O)C1=C(C)NC(C)=C(C(=O)OC)C1C(=O)OC(C(=O)Nc1ccc(Cl)c(C(F)(F)F)c1)c1ccccc1. The first-order valence-corrected chi connectivity index (χ1v) is 12.0. The van der Waals surface area contributed by atoms with Crippen LogP contribution in [0.3, 0.4) is 0 Å². The van der Waals surface area contributed by atoms with Crippen molar-refractivity contribution in [1.29, 1.82) is 0 Å². The van der Waals surface area contributed by atoms with E-state index in [1.54, 1.807) is 18.2 Å². The fraction of sp³-hybridized carbons (Fsp3) is 0.259. The Morgan fingerprint density at radius 2 is 1.48 bits per heavy atom. The summed E-state index contributed by atoms with van der Waals surface area (Å²) in [4.78, 5) is 52.3. The van der Waals surface area contributed by atoms with Crippen molar-refractivity contribution in [2.45, 2.75) is 26.1 Å². The van der Waals surface area contributed by atoms with Crippen molar-refractivity contribution in [3.8, 4) is 0 Å². The average molecular weight is 581 g/mol. The van der Waals surface area contributed by atoms with E-state index in [1.807, 2.05) is 0 Å². The molecule has 0 spiro atoms. The van der Waals surface area contributed by atoms with Crippen LogP contribution in [0.1, 0.15) is 31.1 Å². The number of carbonyl (C=O) groups is 4. The van der Waals surface area contributed by atoms with E-state index in [0.717, 1.165) is 26.4 Å². The number of alkyl halides is 3. The monoisotopic (exact) mass is 580 g/mol. The third-order valence-corrected chi connectivity index (χ3v) is 6.25. The largest absolute Gasteiger partial charge is 0.466 e. The molecule has 212 valence electrons. The summed E-state index contributed by atoms with van der Waals surface area (Å²) in [5, 5.41) is 4.56. The Kier molecular flexibility index (Phi) is 9.25. The second-order valence-electron chi connectivity index (χ2n) is 8.53. The molecule has 1 aliphatic heterocycles. The van der Waals surface area contributed by atoms with E-state index in [9.17, 15) is 32.3 Å². The molecule has 2 aromatic rings. The molecule has 0 fully saturated rings. The molecule has 1 aliphatic rings.